The molecule has 1 aliphatic heterocycles. The molecule has 1 heterocycles. The lowest BCUT2D eigenvalue weighted by atomic mass is 9.78. The molecular weight excluding hydrogens is 400 g/mol. The topological polar surface area (TPSA) is 55.8 Å². The van der Waals surface area contributed by atoms with E-state index in [4.69, 9.17) is 9.47 Å². The zero-order valence-electron chi connectivity index (χ0n) is 19.7. The SMILES string of the molecule is CCC(c1ccc(O)cc1)C(CC)c1ccc(OC/C=C(\C)C2=CC(=O)C(C)(C)O2)cc1. The third kappa shape index (κ3) is 5.42. The molecule has 2 aromatic carbocycles. The molecule has 1 N–H and O–H groups in total. The average Bonchev–Trinajstić information content (AvgIpc) is 3.06. The monoisotopic (exact) mass is 434 g/mol. The van der Waals surface area contributed by atoms with Gasteiger partial charge in [-0.3, -0.25) is 4.79 Å². The van der Waals surface area contributed by atoms with E-state index in [2.05, 4.69) is 26.0 Å². The summed E-state index contributed by atoms with van der Waals surface area (Å²) < 4.78 is 11.6. The van der Waals surface area contributed by atoms with Crippen LogP contribution in [0, 0.1) is 0 Å². The molecule has 3 rings (SSSR count). The van der Waals surface area contributed by atoms with Crippen molar-refractivity contribution < 1.29 is 19.4 Å². The van der Waals surface area contributed by atoms with Crippen molar-refractivity contribution >= 4 is 5.78 Å². The first-order valence-electron chi connectivity index (χ1n) is 11.4. The average molecular weight is 435 g/mol. The van der Waals surface area contributed by atoms with Gasteiger partial charge in [0.2, 0.25) is 5.78 Å². The molecule has 4 heteroatoms. The first-order chi connectivity index (χ1) is 15.2. The molecule has 0 saturated carbocycles. The lowest BCUT2D eigenvalue weighted by Crippen LogP contribution is -2.27. The Kier molecular flexibility index (Phi) is 7.44. The van der Waals surface area contributed by atoms with E-state index < -0.39 is 5.60 Å². The molecule has 2 aromatic rings. The fraction of sp³-hybridized carbons (Fsp3) is 0.393. The summed E-state index contributed by atoms with van der Waals surface area (Å²) in [6.07, 6.45) is 5.56. The highest BCUT2D eigenvalue weighted by molar-refractivity contribution is 5.99. The van der Waals surface area contributed by atoms with Crippen LogP contribution in [-0.4, -0.2) is 23.1 Å². The smallest absolute Gasteiger partial charge is 0.202 e. The number of ether oxygens (including phenoxy) is 2. The number of carbonyl (C=O) groups is 1. The molecule has 2 atom stereocenters. The lowest BCUT2D eigenvalue weighted by Gasteiger charge is -2.26. The van der Waals surface area contributed by atoms with Crippen LogP contribution in [0.15, 0.2) is 72.0 Å². The van der Waals surface area contributed by atoms with E-state index >= 15 is 0 Å². The van der Waals surface area contributed by atoms with Crippen LogP contribution < -0.4 is 4.74 Å². The van der Waals surface area contributed by atoms with Gasteiger partial charge in [0.05, 0.1) is 0 Å². The van der Waals surface area contributed by atoms with Crippen LogP contribution in [0.2, 0.25) is 0 Å². The van der Waals surface area contributed by atoms with Crippen LogP contribution in [0.25, 0.3) is 0 Å². The van der Waals surface area contributed by atoms with Crippen LogP contribution >= 0.6 is 0 Å². The number of phenolic OH excluding ortho intramolecular Hbond substituents is 1. The molecule has 2 unspecified atom stereocenters. The summed E-state index contributed by atoms with van der Waals surface area (Å²) in [6, 6.07) is 15.9. The van der Waals surface area contributed by atoms with E-state index in [0.717, 1.165) is 24.2 Å². The molecule has 0 saturated heterocycles. The molecule has 1 aliphatic rings. The van der Waals surface area contributed by atoms with E-state index in [0.29, 0.717) is 30.0 Å². The third-order valence-electron chi connectivity index (χ3n) is 6.24. The Labute approximate surface area is 191 Å². The second kappa shape index (κ2) is 10.1. The molecule has 32 heavy (non-hydrogen) atoms. The molecule has 0 spiro atoms. The fourth-order valence-electron chi connectivity index (χ4n) is 4.24. The zero-order chi connectivity index (χ0) is 23.3. The molecule has 0 aliphatic carbocycles. The maximum absolute atomic E-state index is 11.9. The lowest BCUT2D eigenvalue weighted by molar-refractivity contribution is -0.126. The number of ketones is 1. The van der Waals surface area contributed by atoms with Gasteiger partial charge in [-0.2, -0.15) is 0 Å². The Morgan fingerprint density at radius 2 is 1.53 bits per heavy atom. The first kappa shape index (κ1) is 23.6. The summed E-state index contributed by atoms with van der Waals surface area (Å²) in [5, 5.41) is 9.61. The zero-order valence-corrected chi connectivity index (χ0v) is 19.7. The predicted octanol–water partition coefficient (Wildman–Crippen LogP) is 6.67. The number of hydrogen-bond donors (Lipinski definition) is 1. The van der Waals surface area contributed by atoms with E-state index in [1.54, 1.807) is 32.1 Å². The van der Waals surface area contributed by atoms with Crippen molar-refractivity contribution in [3.63, 3.8) is 0 Å². The first-order valence-corrected chi connectivity index (χ1v) is 11.4. The molecule has 0 aromatic heterocycles. The highest BCUT2D eigenvalue weighted by Crippen LogP contribution is 2.39. The molecule has 0 bridgehead atoms. The van der Waals surface area contributed by atoms with Gasteiger partial charge in [-0.1, -0.05) is 38.1 Å². The van der Waals surface area contributed by atoms with Gasteiger partial charge in [0.25, 0.3) is 0 Å². The number of phenols is 1. The summed E-state index contributed by atoms with van der Waals surface area (Å²) >= 11 is 0. The summed E-state index contributed by atoms with van der Waals surface area (Å²) in [6.45, 7) is 10.3. The van der Waals surface area contributed by atoms with E-state index in [-0.39, 0.29) is 5.78 Å². The Morgan fingerprint density at radius 3 is 2.00 bits per heavy atom. The highest BCUT2D eigenvalue weighted by atomic mass is 16.5. The molecule has 170 valence electrons. The number of carbonyl (C=O) groups excluding carboxylic acids is 1. The minimum atomic E-state index is -0.784. The second-order valence-electron chi connectivity index (χ2n) is 8.87. The minimum Gasteiger partial charge on any atom is -0.508 e. The van der Waals surface area contributed by atoms with Crippen molar-refractivity contribution in [2.45, 2.75) is 64.9 Å². The van der Waals surface area contributed by atoms with Crippen LogP contribution in [0.3, 0.4) is 0 Å². The molecular formula is C28H34O4. The Balaban J connectivity index is 1.64. The normalized spacial score (nSPS) is 17.5. The Morgan fingerprint density at radius 1 is 1.00 bits per heavy atom. The van der Waals surface area contributed by atoms with Crippen molar-refractivity contribution in [2.75, 3.05) is 6.61 Å². The maximum atomic E-state index is 11.9. The number of allylic oxidation sites excluding steroid dienone is 1. The Bertz CT molecular complexity index is 981. The van der Waals surface area contributed by atoms with E-state index in [1.165, 1.54) is 11.1 Å². The number of rotatable bonds is 9. The molecule has 0 radical (unpaired) electrons. The summed E-state index contributed by atoms with van der Waals surface area (Å²) in [4.78, 5) is 11.9. The van der Waals surface area contributed by atoms with Crippen LogP contribution in [-0.2, 0) is 9.53 Å². The van der Waals surface area contributed by atoms with Crippen LogP contribution in [0.4, 0.5) is 0 Å². The number of hydrogen-bond acceptors (Lipinski definition) is 4. The summed E-state index contributed by atoms with van der Waals surface area (Å²) in [5.74, 6) is 2.50. The standard InChI is InChI=1S/C28H34O4/c1-6-24(20-8-12-22(29)13-9-20)25(7-2)21-10-14-23(15-11-21)31-17-16-19(3)26-18-27(30)28(4,5)32-26/h8-16,18,24-25,29H,6-7,17H2,1-5H3/b19-16+. The largest absolute Gasteiger partial charge is 0.508 e. The third-order valence-corrected chi connectivity index (χ3v) is 6.24. The van der Waals surface area contributed by atoms with Crippen molar-refractivity contribution in [1.29, 1.82) is 0 Å². The summed E-state index contributed by atoms with van der Waals surface area (Å²) in [5.41, 5.74) is 2.65. The molecule has 0 amide bonds. The fourth-order valence-corrected chi connectivity index (χ4v) is 4.24. The Hall–Kier alpha value is -3.01. The van der Waals surface area contributed by atoms with Gasteiger partial charge in [0, 0.05) is 6.08 Å². The highest BCUT2D eigenvalue weighted by Gasteiger charge is 2.35. The van der Waals surface area contributed by atoms with Gasteiger partial charge in [0.15, 0.2) is 5.60 Å². The summed E-state index contributed by atoms with van der Waals surface area (Å²) in [7, 11) is 0. The predicted molar refractivity (Wildman–Crippen MR) is 128 cm³/mol. The van der Waals surface area contributed by atoms with Gasteiger partial charge in [0.1, 0.15) is 23.9 Å². The van der Waals surface area contributed by atoms with Crippen molar-refractivity contribution in [1.82, 2.24) is 0 Å². The van der Waals surface area contributed by atoms with E-state index in [9.17, 15) is 9.90 Å². The quantitative estimate of drug-likeness (QED) is 0.479. The van der Waals surface area contributed by atoms with Gasteiger partial charge in [-0.05, 0) is 92.5 Å². The van der Waals surface area contributed by atoms with Crippen LogP contribution in [0.5, 0.6) is 11.5 Å². The van der Waals surface area contributed by atoms with Crippen LogP contribution in [0.1, 0.15) is 70.4 Å². The second-order valence-corrected chi connectivity index (χ2v) is 8.87. The van der Waals surface area contributed by atoms with Gasteiger partial charge < -0.3 is 14.6 Å². The van der Waals surface area contributed by atoms with Crippen molar-refractivity contribution in [3.8, 4) is 11.5 Å². The molecule has 0 fully saturated rings. The number of benzene rings is 2. The molecule has 4 nitrogen and oxygen atoms in total. The van der Waals surface area contributed by atoms with Gasteiger partial charge in [-0.15, -0.1) is 0 Å². The van der Waals surface area contributed by atoms with E-state index in [1.807, 2.05) is 37.3 Å². The van der Waals surface area contributed by atoms with Gasteiger partial charge >= 0.3 is 0 Å². The van der Waals surface area contributed by atoms with Gasteiger partial charge in [-0.25, -0.2) is 0 Å². The van der Waals surface area contributed by atoms with Crippen molar-refractivity contribution in [3.05, 3.63) is 83.1 Å². The maximum Gasteiger partial charge on any atom is 0.202 e. The van der Waals surface area contributed by atoms with Crippen molar-refractivity contribution in [2.24, 2.45) is 0 Å². The number of aromatic hydroxyl groups is 1. The minimum absolute atomic E-state index is 0.0140.